The van der Waals surface area contributed by atoms with Crippen molar-refractivity contribution in [3.63, 3.8) is 0 Å². The minimum absolute atomic E-state index is 0.952. The van der Waals surface area contributed by atoms with Gasteiger partial charge in [-0.25, -0.2) is 4.98 Å². The van der Waals surface area contributed by atoms with Crippen LogP contribution in [0.5, 0.6) is 0 Å². The van der Waals surface area contributed by atoms with E-state index in [1.807, 2.05) is 0 Å². The third kappa shape index (κ3) is 5.51. The summed E-state index contributed by atoms with van der Waals surface area (Å²) < 4.78 is 0. The van der Waals surface area contributed by atoms with Crippen LogP contribution in [0.15, 0.2) is 194 Å². The van der Waals surface area contributed by atoms with Crippen LogP contribution in [0.3, 0.4) is 0 Å². The SMILES string of the molecule is [CH2+]c1cc2ccc3c(-c4cc(-c5ccccc5)cc(-c5ccccc5)c4)cc(-c4cc(-c5ccccc5)nc(-c5ccccc5)c4)c4ccc(c1)c2c34. The maximum Gasteiger partial charge on any atom is 0.128 e. The molecule has 0 aliphatic heterocycles. The monoisotopic (exact) mass is 672 g/mol. The van der Waals surface area contributed by atoms with E-state index in [2.05, 4.69) is 201 Å². The van der Waals surface area contributed by atoms with E-state index in [1.165, 1.54) is 71.3 Å². The molecule has 9 aromatic carbocycles. The molecule has 1 heteroatoms. The molecule has 0 unspecified atom stereocenters. The van der Waals surface area contributed by atoms with Gasteiger partial charge in [-0.1, -0.05) is 133 Å². The van der Waals surface area contributed by atoms with E-state index in [-0.39, 0.29) is 0 Å². The van der Waals surface area contributed by atoms with Crippen LogP contribution in [0.25, 0.3) is 99.3 Å². The van der Waals surface area contributed by atoms with Gasteiger partial charge in [-0.15, -0.1) is 0 Å². The molecule has 1 aromatic heterocycles. The summed E-state index contributed by atoms with van der Waals surface area (Å²) in [7, 11) is 0. The number of hydrogen-bond acceptors (Lipinski definition) is 1. The lowest BCUT2D eigenvalue weighted by molar-refractivity contribution is 1.32. The van der Waals surface area contributed by atoms with Gasteiger partial charge in [0, 0.05) is 39.6 Å². The summed E-state index contributed by atoms with van der Waals surface area (Å²) in [4.78, 5) is 5.23. The first-order valence-corrected chi connectivity index (χ1v) is 18.1. The molecule has 0 atom stereocenters. The quantitative estimate of drug-likeness (QED) is 0.127. The van der Waals surface area contributed by atoms with Crippen molar-refractivity contribution in [2.24, 2.45) is 0 Å². The van der Waals surface area contributed by atoms with E-state index >= 15 is 0 Å². The average Bonchev–Trinajstić information content (AvgIpc) is 3.23. The van der Waals surface area contributed by atoms with E-state index in [4.69, 9.17) is 4.98 Å². The fourth-order valence-corrected chi connectivity index (χ4v) is 8.03. The van der Waals surface area contributed by atoms with Crippen molar-refractivity contribution in [3.05, 3.63) is 207 Å². The van der Waals surface area contributed by atoms with E-state index < -0.39 is 0 Å². The maximum absolute atomic E-state index is 5.23. The van der Waals surface area contributed by atoms with Crippen molar-refractivity contribution in [1.29, 1.82) is 0 Å². The van der Waals surface area contributed by atoms with Gasteiger partial charge in [0.1, 0.15) is 5.56 Å². The highest BCUT2D eigenvalue weighted by molar-refractivity contribution is 6.28. The average molecular weight is 673 g/mol. The highest BCUT2D eigenvalue weighted by atomic mass is 14.7. The van der Waals surface area contributed by atoms with Crippen LogP contribution in [0.1, 0.15) is 5.56 Å². The summed E-state index contributed by atoms with van der Waals surface area (Å²) >= 11 is 0. The highest BCUT2D eigenvalue weighted by Gasteiger charge is 2.21. The molecule has 53 heavy (non-hydrogen) atoms. The molecule has 0 amide bonds. The van der Waals surface area contributed by atoms with Crippen molar-refractivity contribution in [2.45, 2.75) is 0 Å². The zero-order valence-electron chi connectivity index (χ0n) is 29.1. The lowest BCUT2D eigenvalue weighted by Crippen LogP contribution is -1.95. The third-order valence-corrected chi connectivity index (χ3v) is 10.5. The topological polar surface area (TPSA) is 12.9 Å². The van der Waals surface area contributed by atoms with Crippen LogP contribution in [0.4, 0.5) is 0 Å². The van der Waals surface area contributed by atoms with Gasteiger partial charge in [0.05, 0.1) is 23.5 Å². The summed E-state index contributed by atoms with van der Waals surface area (Å²) in [6, 6.07) is 70.1. The fraction of sp³-hybridized carbons (Fsp3) is 0. The molecular formula is C52H34N+. The Labute approximate surface area is 309 Å². The predicted octanol–water partition coefficient (Wildman–Crippen LogP) is 14.2. The van der Waals surface area contributed by atoms with Crippen LogP contribution >= 0.6 is 0 Å². The van der Waals surface area contributed by atoms with Gasteiger partial charge < -0.3 is 0 Å². The Morgan fingerprint density at radius 1 is 0.302 bits per heavy atom. The van der Waals surface area contributed by atoms with Crippen LogP contribution in [-0.4, -0.2) is 4.98 Å². The second kappa shape index (κ2) is 12.7. The molecule has 10 rings (SSSR count). The molecule has 0 fully saturated rings. The molecular weight excluding hydrogens is 639 g/mol. The Kier molecular flexibility index (Phi) is 7.37. The largest absolute Gasteiger partial charge is 0.248 e. The minimum Gasteiger partial charge on any atom is -0.248 e. The summed E-state index contributed by atoms with van der Waals surface area (Å²) in [5.74, 6) is 0. The smallest absolute Gasteiger partial charge is 0.128 e. The lowest BCUT2D eigenvalue weighted by Gasteiger charge is -2.19. The first-order chi connectivity index (χ1) is 26.2. The molecule has 0 saturated heterocycles. The second-order valence-electron chi connectivity index (χ2n) is 13.9. The van der Waals surface area contributed by atoms with Crippen LogP contribution in [0.2, 0.25) is 0 Å². The number of aromatic nitrogens is 1. The first-order valence-electron chi connectivity index (χ1n) is 18.1. The minimum atomic E-state index is 0.952. The van der Waals surface area contributed by atoms with E-state index in [9.17, 15) is 0 Å². The normalized spacial score (nSPS) is 11.5. The molecule has 246 valence electrons. The Morgan fingerprint density at radius 2 is 0.698 bits per heavy atom. The zero-order chi connectivity index (χ0) is 35.3. The van der Waals surface area contributed by atoms with Crippen LogP contribution < -0.4 is 0 Å². The molecule has 0 aliphatic rings. The Morgan fingerprint density at radius 3 is 1.15 bits per heavy atom. The standard InChI is InChI=1S/C52H34N/c1-34-26-39-22-24-45-47(43-29-41(35-14-6-2-7-15-35)28-42(30-43)36-16-8-3-9-17-36)33-48(46-25-23-40(27-34)51(39)52(45)46)44-31-49(37-18-10-4-11-19-37)53-50(32-44)38-20-12-5-13-21-38/h2-33H,1H2/q+1. The van der Waals surface area contributed by atoms with E-state index in [0.717, 1.165) is 33.6 Å². The molecule has 0 N–H and O–H groups in total. The molecule has 0 spiro atoms. The number of nitrogens with zero attached hydrogens (tertiary/aromatic N) is 1. The number of hydrogen-bond donors (Lipinski definition) is 0. The summed E-state index contributed by atoms with van der Waals surface area (Å²) in [6.45, 7) is 4.32. The van der Waals surface area contributed by atoms with Crippen molar-refractivity contribution in [3.8, 4) is 67.0 Å². The van der Waals surface area contributed by atoms with Gasteiger partial charge in [-0.3, -0.25) is 0 Å². The molecule has 0 aliphatic carbocycles. The van der Waals surface area contributed by atoms with Gasteiger partial charge >= 0.3 is 0 Å². The number of rotatable bonds is 6. The van der Waals surface area contributed by atoms with Crippen molar-refractivity contribution >= 4 is 32.3 Å². The van der Waals surface area contributed by atoms with Crippen molar-refractivity contribution in [1.82, 2.24) is 4.98 Å². The molecule has 0 saturated carbocycles. The number of benzene rings is 9. The molecule has 10 aromatic rings. The molecule has 1 heterocycles. The van der Waals surface area contributed by atoms with Crippen molar-refractivity contribution < 1.29 is 0 Å². The van der Waals surface area contributed by atoms with Gasteiger partial charge in [0.25, 0.3) is 0 Å². The lowest BCUT2D eigenvalue weighted by atomic mass is 9.84. The molecule has 0 bridgehead atoms. The van der Waals surface area contributed by atoms with Crippen LogP contribution in [0, 0.1) is 6.92 Å². The summed E-state index contributed by atoms with van der Waals surface area (Å²) in [5.41, 5.74) is 14.6. The van der Waals surface area contributed by atoms with Crippen molar-refractivity contribution in [2.75, 3.05) is 0 Å². The third-order valence-electron chi connectivity index (χ3n) is 10.5. The fourth-order valence-electron chi connectivity index (χ4n) is 8.03. The second-order valence-corrected chi connectivity index (χ2v) is 13.9. The van der Waals surface area contributed by atoms with Gasteiger partial charge in [-0.05, 0) is 104 Å². The Bertz CT molecular complexity index is 2600. The van der Waals surface area contributed by atoms with E-state index in [0.29, 0.717) is 0 Å². The maximum atomic E-state index is 5.23. The Hall–Kier alpha value is -6.96. The first kappa shape index (κ1) is 30.8. The number of pyridine rings is 1. The summed E-state index contributed by atoms with van der Waals surface area (Å²) in [5, 5.41) is 7.44. The molecule has 1 nitrogen and oxygen atoms in total. The van der Waals surface area contributed by atoms with Crippen LogP contribution in [-0.2, 0) is 0 Å². The highest BCUT2D eigenvalue weighted by Crippen LogP contribution is 2.46. The molecule has 0 radical (unpaired) electrons. The predicted molar refractivity (Wildman–Crippen MR) is 225 cm³/mol. The zero-order valence-corrected chi connectivity index (χ0v) is 29.1. The van der Waals surface area contributed by atoms with Gasteiger partial charge in [0.15, 0.2) is 0 Å². The summed E-state index contributed by atoms with van der Waals surface area (Å²) in [6.07, 6.45) is 0. The van der Waals surface area contributed by atoms with E-state index in [1.54, 1.807) is 0 Å². The Balaban J connectivity index is 1.32. The van der Waals surface area contributed by atoms with Gasteiger partial charge in [0.2, 0.25) is 0 Å². The van der Waals surface area contributed by atoms with Gasteiger partial charge in [-0.2, -0.15) is 0 Å².